The van der Waals surface area contributed by atoms with Crippen LogP contribution in [0.1, 0.15) is 0 Å². The number of hydrogen-bond acceptors (Lipinski definition) is 2. The number of para-hydroxylation sites is 3. The van der Waals surface area contributed by atoms with Crippen molar-refractivity contribution in [1.82, 2.24) is 0 Å². The zero-order valence-electron chi connectivity index (χ0n) is 11.0. The number of methoxy groups -OCH3 is 1. The molecule has 0 saturated carbocycles. The standard InChI is InChI=1S/C15H16N2OS/c1-17(13-10-6-7-11-14(13)18-2)15(19)16-12-8-4-3-5-9-12/h3-11H,1-2H3,(H,16,19). The Morgan fingerprint density at radius 2 is 1.68 bits per heavy atom. The highest BCUT2D eigenvalue weighted by atomic mass is 32.1. The second-order valence-corrected chi connectivity index (χ2v) is 4.41. The van der Waals surface area contributed by atoms with Gasteiger partial charge in [-0.05, 0) is 36.5 Å². The highest BCUT2D eigenvalue weighted by Crippen LogP contribution is 2.27. The van der Waals surface area contributed by atoms with Crippen LogP contribution in [0, 0.1) is 0 Å². The van der Waals surface area contributed by atoms with Crippen LogP contribution in [0.5, 0.6) is 5.75 Å². The second kappa shape index (κ2) is 6.20. The van der Waals surface area contributed by atoms with Crippen molar-refractivity contribution in [1.29, 1.82) is 0 Å². The van der Waals surface area contributed by atoms with Gasteiger partial charge in [0.2, 0.25) is 0 Å². The lowest BCUT2D eigenvalue weighted by molar-refractivity contribution is 0.416. The van der Waals surface area contributed by atoms with E-state index in [2.05, 4.69) is 5.32 Å². The van der Waals surface area contributed by atoms with Crippen molar-refractivity contribution in [2.75, 3.05) is 24.4 Å². The van der Waals surface area contributed by atoms with Gasteiger partial charge in [0.25, 0.3) is 0 Å². The molecule has 0 aliphatic rings. The van der Waals surface area contributed by atoms with Gasteiger partial charge in [0.1, 0.15) is 5.75 Å². The van der Waals surface area contributed by atoms with Crippen molar-refractivity contribution >= 4 is 28.7 Å². The molecule has 0 bridgehead atoms. The molecular weight excluding hydrogens is 256 g/mol. The van der Waals surface area contributed by atoms with Gasteiger partial charge in [-0.1, -0.05) is 30.3 Å². The lowest BCUT2D eigenvalue weighted by atomic mass is 10.3. The molecule has 2 aromatic carbocycles. The predicted molar refractivity (Wildman–Crippen MR) is 84.1 cm³/mol. The zero-order chi connectivity index (χ0) is 13.7. The molecule has 0 unspecified atom stereocenters. The normalized spacial score (nSPS) is 9.79. The fraction of sp³-hybridized carbons (Fsp3) is 0.133. The van der Waals surface area contributed by atoms with Crippen LogP contribution in [-0.4, -0.2) is 19.3 Å². The van der Waals surface area contributed by atoms with E-state index < -0.39 is 0 Å². The largest absolute Gasteiger partial charge is 0.495 e. The van der Waals surface area contributed by atoms with Gasteiger partial charge in [0, 0.05) is 12.7 Å². The van der Waals surface area contributed by atoms with Crippen molar-refractivity contribution in [3.8, 4) is 5.75 Å². The number of thiocarbonyl (C=S) groups is 1. The van der Waals surface area contributed by atoms with Gasteiger partial charge in [-0.2, -0.15) is 0 Å². The first-order valence-corrected chi connectivity index (χ1v) is 6.36. The van der Waals surface area contributed by atoms with Crippen LogP contribution < -0.4 is 15.0 Å². The summed E-state index contributed by atoms with van der Waals surface area (Å²) in [4.78, 5) is 1.89. The lowest BCUT2D eigenvalue weighted by Crippen LogP contribution is -2.31. The maximum atomic E-state index is 5.41. The quantitative estimate of drug-likeness (QED) is 0.864. The molecule has 0 spiro atoms. The molecule has 0 saturated heterocycles. The Kier molecular flexibility index (Phi) is 4.36. The SMILES string of the molecule is COc1ccccc1N(C)C(=S)Nc1ccccc1. The van der Waals surface area contributed by atoms with E-state index in [1.54, 1.807) is 7.11 Å². The molecule has 0 radical (unpaired) electrons. The molecule has 3 nitrogen and oxygen atoms in total. The molecule has 0 aliphatic carbocycles. The van der Waals surface area contributed by atoms with E-state index in [9.17, 15) is 0 Å². The van der Waals surface area contributed by atoms with Crippen molar-refractivity contribution in [3.05, 3.63) is 54.6 Å². The predicted octanol–water partition coefficient (Wildman–Crippen LogP) is 3.53. The average molecular weight is 272 g/mol. The first kappa shape index (κ1) is 13.4. The summed E-state index contributed by atoms with van der Waals surface area (Å²) in [7, 11) is 3.57. The fourth-order valence-corrected chi connectivity index (χ4v) is 1.96. The van der Waals surface area contributed by atoms with E-state index in [0.29, 0.717) is 5.11 Å². The minimum atomic E-state index is 0.621. The van der Waals surface area contributed by atoms with Crippen molar-refractivity contribution in [3.63, 3.8) is 0 Å². The first-order valence-electron chi connectivity index (χ1n) is 5.95. The molecule has 1 N–H and O–H groups in total. The molecule has 0 amide bonds. The van der Waals surface area contributed by atoms with Gasteiger partial charge in [0.15, 0.2) is 5.11 Å². The molecule has 2 aromatic rings. The summed E-state index contributed by atoms with van der Waals surface area (Å²) in [6, 6.07) is 17.6. The van der Waals surface area contributed by atoms with Gasteiger partial charge in [0.05, 0.1) is 12.8 Å². The Balaban J connectivity index is 2.15. The summed E-state index contributed by atoms with van der Waals surface area (Å²) in [6.07, 6.45) is 0. The molecule has 0 heterocycles. The zero-order valence-corrected chi connectivity index (χ0v) is 11.8. The Hall–Kier alpha value is -2.07. The van der Waals surface area contributed by atoms with Gasteiger partial charge >= 0.3 is 0 Å². The van der Waals surface area contributed by atoms with Crippen LogP contribution >= 0.6 is 12.2 Å². The molecular formula is C15H16N2OS. The first-order chi connectivity index (χ1) is 9.22. The maximum absolute atomic E-state index is 5.41. The van der Waals surface area contributed by atoms with Gasteiger partial charge in [-0.25, -0.2) is 0 Å². The third kappa shape index (κ3) is 3.23. The lowest BCUT2D eigenvalue weighted by Gasteiger charge is -2.23. The third-order valence-corrected chi connectivity index (χ3v) is 3.15. The Bertz CT molecular complexity index is 557. The second-order valence-electron chi connectivity index (χ2n) is 4.03. The average Bonchev–Trinajstić information content (AvgIpc) is 2.47. The van der Waals surface area contributed by atoms with Crippen LogP contribution in [0.3, 0.4) is 0 Å². The van der Waals surface area contributed by atoms with Crippen LogP contribution in [0.15, 0.2) is 54.6 Å². The van der Waals surface area contributed by atoms with Crippen LogP contribution in [0.4, 0.5) is 11.4 Å². The monoisotopic (exact) mass is 272 g/mol. The highest BCUT2D eigenvalue weighted by molar-refractivity contribution is 7.80. The summed E-state index contributed by atoms with van der Waals surface area (Å²) < 4.78 is 5.34. The number of hydrogen-bond donors (Lipinski definition) is 1. The van der Waals surface area contributed by atoms with E-state index in [1.807, 2.05) is 66.5 Å². The number of nitrogens with one attached hydrogen (secondary N) is 1. The molecule has 0 fully saturated rings. The Morgan fingerprint density at radius 1 is 1.05 bits per heavy atom. The van der Waals surface area contributed by atoms with Crippen molar-refractivity contribution in [2.24, 2.45) is 0 Å². The van der Waals surface area contributed by atoms with Crippen molar-refractivity contribution in [2.45, 2.75) is 0 Å². The summed E-state index contributed by atoms with van der Waals surface area (Å²) in [5.41, 5.74) is 1.90. The van der Waals surface area contributed by atoms with E-state index in [0.717, 1.165) is 17.1 Å². The van der Waals surface area contributed by atoms with E-state index in [4.69, 9.17) is 17.0 Å². The molecule has 0 atom stereocenters. The van der Waals surface area contributed by atoms with E-state index in [-0.39, 0.29) is 0 Å². The minimum Gasteiger partial charge on any atom is -0.495 e. The number of nitrogens with zero attached hydrogens (tertiary/aromatic N) is 1. The smallest absolute Gasteiger partial charge is 0.177 e. The minimum absolute atomic E-state index is 0.621. The Morgan fingerprint density at radius 3 is 2.37 bits per heavy atom. The molecule has 4 heteroatoms. The van der Waals surface area contributed by atoms with Gasteiger partial charge in [-0.15, -0.1) is 0 Å². The van der Waals surface area contributed by atoms with Crippen LogP contribution in [0.2, 0.25) is 0 Å². The van der Waals surface area contributed by atoms with E-state index >= 15 is 0 Å². The molecule has 0 aliphatic heterocycles. The van der Waals surface area contributed by atoms with Gasteiger partial charge in [-0.3, -0.25) is 0 Å². The summed E-state index contributed by atoms with van der Waals surface area (Å²) >= 11 is 5.41. The van der Waals surface area contributed by atoms with Gasteiger partial charge < -0.3 is 15.0 Å². The molecule has 19 heavy (non-hydrogen) atoms. The summed E-state index contributed by atoms with van der Waals surface area (Å²) in [5.74, 6) is 0.794. The van der Waals surface area contributed by atoms with E-state index in [1.165, 1.54) is 0 Å². The number of anilines is 2. The summed E-state index contributed by atoms with van der Waals surface area (Å²) in [6.45, 7) is 0. The number of ether oxygens (including phenoxy) is 1. The number of benzene rings is 2. The third-order valence-electron chi connectivity index (χ3n) is 2.78. The van der Waals surface area contributed by atoms with Crippen LogP contribution in [-0.2, 0) is 0 Å². The topological polar surface area (TPSA) is 24.5 Å². The van der Waals surface area contributed by atoms with Crippen molar-refractivity contribution < 1.29 is 4.74 Å². The fourth-order valence-electron chi connectivity index (χ4n) is 1.75. The molecule has 98 valence electrons. The molecule has 2 rings (SSSR count). The van der Waals surface area contributed by atoms with Crippen LogP contribution in [0.25, 0.3) is 0 Å². The maximum Gasteiger partial charge on any atom is 0.177 e. The Labute approximate surface area is 118 Å². The number of rotatable bonds is 3. The summed E-state index contributed by atoms with van der Waals surface area (Å²) in [5, 5.41) is 3.81. The highest BCUT2D eigenvalue weighted by Gasteiger charge is 2.11. The molecule has 0 aromatic heterocycles.